The molecule has 2 rings (SSSR count). The van der Waals surface area contributed by atoms with Crippen LogP contribution in [-0.2, 0) is 0 Å². The molecule has 0 aliphatic rings. The SMILES string of the molecule is O=C(Cl)c1ccc(-c2ncco2)cc1. The summed E-state index contributed by atoms with van der Waals surface area (Å²) >= 11 is 5.30. The summed E-state index contributed by atoms with van der Waals surface area (Å²) in [7, 11) is 0. The zero-order valence-electron chi connectivity index (χ0n) is 7.11. The lowest BCUT2D eigenvalue weighted by Crippen LogP contribution is -1.87. The third-order valence-electron chi connectivity index (χ3n) is 1.79. The molecular weight excluding hydrogens is 202 g/mol. The minimum Gasteiger partial charge on any atom is -0.445 e. The first-order valence-corrected chi connectivity index (χ1v) is 4.35. The van der Waals surface area contributed by atoms with Crippen molar-refractivity contribution in [2.75, 3.05) is 0 Å². The van der Waals surface area contributed by atoms with Gasteiger partial charge in [0.1, 0.15) is 6.26 Å². The minimum absolute atomic E-state index is 0.460. The average Bonchev–Trinajstić information content (AvgIpc) is 2.71. The molecule has 0 spiro atoms. The highest BCUT2D eigenvalue weighted by molar-refractivity contribution is 6.67. The van der Waals surface area contributed by atoms with Crippen LogP contribution >= 0.6 is 11.6 Å². The summed E-state index contributed by atoms with van der Waals surface area (Å²) in [5, 5.41) is -0.469. The normalized spacial score (nSPS) is 10.1. The fraction of sp³-hybridized carbons (Fsp3) is 0. The van der Waals surface area contributed by atoms with E-state index in [1.54, 1.807) is 30.5 Å². The van der Waals surface area contributed by atoms with Gasteiger partial charge < -0.3 is 4.42 Å². The Morgan fingerprint density at radius 2 is 2.00 bits per heavy atom. The van der Waals surface area contributed by atoms with Crippen molar-refractivity contribution >= 4 is 16.8 Å². The average molecular weight is 208 g/mol. The van der Waals surface area contributed by atoms with Gasteiger partial charge in [0.05, 0.1) is 6.20 Å². The summed E-state index contributed by atoms with van der Waals surface area (Å²) < 4.78 is 5.09. The van der Waals surface area contributed by atoms with E-state index >= 15 is 0 Å². The molecule has 0 unspecified atom stereocenters. The Balaban J connectivity index is 2.36. The molecule has 14 heavy (non-hydrogen) atoms. The lowest BCUT2D eigenvalue weighted by Gasteiger charge is -1.96. The fourth-order valence-electron chi connectivity index (χ4n) is 1.11. The van der Waals surface area contributed by atoms with Crippen molar-refractivity contribution in [1.82, 2.24) is 4.98 Å². The van der Waals surface area contributed by atoms with Crippen molar-refractivity contribution in [1.29, 1.82) is 0 Å². The van der Waals surface area contributed by atoms with Crippen LogP contribution in [0, 0.1) is 0 Å². The van der Waals surface area contributed by atoms with Gasteiger partial charge in [-0.15, -0.1) is 0 Å². The zero-order chi connectivity index (χ0) is 9.97. The molecular formula is C10H6ClNO2. The summed E-state index contributed by atoms with van der Waals surface area (Å²) in [6, 6.07) is 6.74. The zero-order valence-corrected chi connectivity index (χ0v) is 7.86. The highest BCUT2D eigenvalue weighted by Crippen LogP contribution is 2.17. The number of halogens is 1. The summed E-state index contributed by atoms with van der Waals surface area (Å²) in [6.07, 6.45) is 3.06. The third kappa shape index (κ3) is 1.67. The Labute approximate surface area is 85.3 Å². The molecule has 0 saturated carbocycles. The van der Waals surface area contributed by atoms with E-state index in [9.17, 15) is 4.79 Å². The van der Waals surface area contributed by atoms with Gasteiger partial charge in [0.25, 0.3) is 5.24 Å². The number of hydrogen-bond donors (Lipinski definition) is 0. The standard InChI is InChI=1S/C10H6ClNO2/c11-9(13)7-1-3-8(4-2-7)10-12-5-6-14-10/h1-6H. The quantitative estimate of drug-likeness (QED) is 0.712. The largest absolute Gasteiger partial charge is 0.445 e. The lowest BCUT2D eigenvalue weighted by atomic mass is 10.1. The van der Waals surface area contributed by atoms with Gasteiger partial charge in [0.15, 0.2) is 0 Å². The van der Waals surface area contributed by atoms with Crippen molar-refractivity contribution < 1.29 is 9.21 Å². The molecule has 3 nitrogen and oxygen atoms in total. The van der Waals surface area contributed by atoms with E-state index in [0.717, 1.165) is 5.56 Å². The summed E-state index contributed by atoms with van der Waals surface area (Å²) in [5.41, 5.74) is 1.28. The smallest absolute Gasteiger partial charge is 0.252 e. The number of nitrogens with zero attached hydrogens (tertiary/aromatic N) is 1. The van der Waals surface area contributed by atoms with Crippen molar-refractivity contribution in [2.45, 2.75) is 0 Å². The molecule has 0 saturated heterocycles. The molecule has 0 aliphatic heterocycles. The second kappa shape index (κ2) is 3.64. The molecule has 0 N–H and O–H groups in total. The molecule has 0 amide bonds. The van der Waals surface area contributed by atoms with Crippen LogP contribution in [0.3, 0.4) is 0 Å². The van der Waals surface area contributed by atoms with Crippen molar-refractivity contribution in [2.24, 2.45) is 0 Å². The van der Waals surface area contributed by atoms with Crippen LogP contribution in [0.15, 0.2) is 41.1 Å². The molecule has 4 heteroatoms. The van der Waals surface area contributed by atoms with E-state index in [2.05, 4.69) is 4.98 Å². The van der Waals surface area contributed by atoms with Gasteiger partial charge in [-0.05, 0) is 35.9 Å². The predicted molar refractivity (Wildman–Crippen MR) is 52.1 cm³/mol. The van der Waals surface area contributed by atoms with Gasteiger partial charge in [-0.1, -0.05) is 0 Å². The Morgan fingerprint density at radius 3 is 2.50 bits per heavy atom. The third-order valence-corrected chi connectivity index (χ3v) is 2.01. The predicted octanol–water partition coefficient (Wildman–Crippen LogP) is 2.72. The van der Waals surface area contributed by atoms with Gasteiger partial charge in [0.2, 0.25) is 5.89 Å². The van der Waals surface area contributed by atoms with E-state index in [1.165, 1.54) is 6.26 Å². The van der Waals surface area contributed by atoms with Gasteiger partial charge >= 0.3 is 0 Å². The summed E-state index contributed by atoms with van der Waals surface area (Å²) in [4.78, 5) is 14.7. The Morgan fingerprint density at radius 1 is 1.29 bits per heavy atom. The minimum atomic E-state index is -0.469. The number of rotatable bonds is 2. The van der Waals surface area contributed by atoms with E-state index < -0.39 is 5.24 Å². The number of benzene rings is 1. The van der Waals surface area contributed by atoms with E-state index in [1.807, 2.05) is 0 Å². The first-order valence-electron chi connectivity index (χ1n) is 3.97. The molecule has 0 aliphatic carbocycles. The summed E-state index contributed by atoms with van der Waals surface area (Å²) in [6.45, 7) is 0. The molecule has 1 aromatic carbocycles. The number of aromatic nitrogens is 1. The molecule has 0 bridgehead atoms. The number of hydrogen-bond acceptors (Lipinski definition) is 3. The number of carbonyl (C=O) groups is 1. The second-order valence-corrected chi connectivity index (χ2v) is 3.03. The van der Waals surface area contributed by atoms with Crippen LogP contribution in [0.5, 0.6) is 0 Å². The van der Waals surface area contributed by atoms with Crippen LogP contribution in [0.25, 0.3) is 11.5 Å². The van der Waals surface area contributed by atoms with Gasteiger partial charge in [-0.3, -0.25) is 4.79 Å². The van der Waals surface area contributed by atoms with Crippen LogP contribution in [0.4, 0.5) is 0 Å². The number of oxazole rings is 1. The molecule has 0 radical (unpaired) electrons. The highest BCUT2D eigenvalue weighted by Gasteiger charge is 2.04. The topological polar surface area (TPSA) is 43.1 Å². The van der Waals surface area contributed by atoms with Gasteiger partial charge in [0, 0.05) is 11.1 Å². The van der Waals surface area contributed by atoms with E-state index in [-0.39, 0.29) is 0 Å². The molecule has 70 valence electrons. The van der Waals surface area contributed by atoms with Crippen LogP contribution in [0.1, 0.15) is 10.4 Å². The van der Waals surface area contributed by atoms with Crippen LogP contribution in [-0.4, -0.2) is 10.2 Å². The van der Waals surface area contributed by atoms with Crippen LogP contribution < -0.4 is 0 Å². The van der Waals surface area contributed by atoms with E-state index in [4.69, 9.17) is 16.0 Å². The fourth-order valence-corrected chi connectivity index (χ4v) is 1.24. The Kier molecular flexibility index (Phi) is 2.33. The molecule has 2 aromatic rings. The van der Waals surface area contributed by atoms with Crippen molar-refractivity contribution in [3.8, 4) is 11.5 Å². The van der Waals surface area contributed by atoms with Gasteiger partial charge in [-0.2, -0.15) is 0 Å². The molecule has 0 atom stereocenters. The first-order chi connectivity index (χ1) is 6.77. The first kappa shape index (κ1) is 8.97. The molecule has 1 aromatic heterocycles. The second-order valence-electron chi connectivity index (χ2n) is 2.69. The highest BCUT2D eigenvalue weighted by atomic mass is 35.5. The summed E-state index contributed by atoms with van der Waals surface area (Å²) in [5.74, 6) is 0.526. The molecule has 1 heterocycles. The maximum absolute atomic E-state index is 10.8. The molecule has 0 fully saturated rings. The number of carbonyl (C=O) groups excluding carboxylic acids is 1. The Bertz CT molecular complexity index is 434. The maximum Gasteiger partial charge on any atom is 0.252 e. The van der Waals surface area contributed by atoms with E-state index in [0.29, 0.717) is 11.5 Å². The monoisotopic (exact) mass is 207 g/mol. The maximum atomic E-state index is 10.8. The Hall–Kier alpha value is -1.61. The van der Waals surface area contributed by atoms with Crippen molar-refractivity contribution in [3.63, 3.8) is 0 Å². The van der Waals surface area contributed by atoms with Crippen LogP contribution in [0.2, 0.25) is 0 Å². The van der Waals surface area contributed by atoms with Crippen molar-refractivity contribution in [3.05, 3.63) is 42.3 Å². The lowest BCUT2D eigenvalue weighted by molar-refractivity contribution is 0.108. The van der Waals surface area contributed by atoms with Gasteiger partial charge in [-0.25, -0.2) is 4.98 Å².